The van der Waals surface area contributed by atoms with Gasteiger partial charge in [-0.2, -0.15) is 0 Å². The average Bonchev–Trinajstić information content (AvgIpc) is 2.79. The fraction of sp³-hybridized carbons (Fsp3) is 0.765. The Kier molecular flexibility index (Phi) is 4.48. The fourth-order valence-electron chi connectivity index (χ4n) is 3.11. The minimum atomic E-state index is 0.0765. The predicted octanol–water partition coefficient (Wildman–Crippen LogP) is 3.80. The first-order valence-electron chi connectivity index (χ1n) is 7.89. The molecule has 0 saturated carbocycles. The van der Waals surface area contributed by atoms with E-state index in [1.165, 1.54) is 37.2 Å². The molecule has 0 spiro atoms. The second-order valence-corrected chi connectivity index (χ2v) is 7.38. The van der Waals surface area contributed by atoms with Crippen molar-refractivity contribution >= 4 is 0 Å². The van der Waals surface area contributed by atoms with Gasteiger partial charge in [0.2, 0.25) is 0 Å². The summed E-state index contributed by atoms with van der Waals surface area (Å²) in [5, 5.41) is 0. The van der Waals surface area contributed by atoms with Crippen LogP contribution < -0.4 is 0 Å². The van der Waals surface area contributed by atoms with Crippen molar-refractivity contribution in [3.8, 4) is 0 Å². The molecule has 2 heterocycles. The van der Waals surface area contributed by atoms with Crippen LogP contribution in [0.2, 0.25) is 0 Å². The molecule has 0 radical (unpaired) electrons. The maximum absolute atomic E-state index is 4.94. The zero-order valence-corrected chi connectivity index (χ0v) is 14.0. The Bertz CT molecular complexity index is 466. The van der Waals surface area contributed by atoms with Gasteiger partial charge in [-0.15, -0.1) is 0 Å². The highest BCUT2D eigenvalue weighted by Gasteiger charge is 2.25. The maximum atomic E-state index is 4.94. The van der Waals surface area contributed by atoms with Crippen LogP contribution in [0.4, 0.5) is 0 Å². The monoisotopic (exact) mass is 275 g/mol. The van der Waals surface area contributed by atoms with Gasteiger partial charge in [0.1, 0.15) is 5.82 Å². The van der Waals surface area contributed by atoms with Gasteiger partial charge < -0.3 is 0 Å². The molecule has 1 saturated heterocycles. The number of hydrogen-bond donors (Lipinski definition) is 0. The number of aromatic nitrogens is 2. The quantitative estimate of drug-likeness (QED) is 0.840. The lowest BCUT2D eigenvalue weighted by Gasteiger charge is -2.26. The highest BCUT2D eigenvalue weighted by Crippen LogP contribution is 2.30. The molecule has 0 N–H and O–H groups in total. The topological polar surface area (TPSA) is 29.0 Å². The van der Waals surface area contributed by atoms with Crippen LogP contribution in [-0.2, 0) is 12.0 Å². The van der Waals surface area contributed by atoms with Crippen molar-refractivity contribution in [1.29, 1.82) is 0 Å². The molecule has 0 aliphatic carbocycles. The van der Waals surface area contributed by atoms with Gasteiger partial charge in [0.15, 0.2) is 0 Å². The van der Waals surface area contributed by atoms with Crippen molar-refractivity contribution in [2.45, 2.75) is 72.3 Å². The van der Waals surface area contributed by atoms with E-state index >= 15 is 0 Å². The van der Waals surface area contributed by atoms with Crippen molar-refractivity contribution in [2.75, 3.05) is 13.1 Å². The third kappa shape index (κ3) is 3.38. The Morgan fingerprint density at radius 2 is 1.70 bits per heavy atom. The maximum Gasteiger partial charge on any atom is 0.142 e. The second kappa shape index (κ2) is 5.80. The van der Waals surface area contributed by atoms with E-state index in [9.17, 15) is 0 Å². The molecule has 3 nitrogen and oxygen atoms in total. The molecule has 112 valence electrons. The Hall–Kier alpha value is -0.960. The Morgan fingerprint density at radius 1 is 1.10 bits per heavy atom. The van der Waals surface area contributed by atoms with Gasteiger partial charge in [0.05, 0.1) is 12.2 Å². The highest BCUT2D eigenvalue weighted by atomic mass is 15.2. The molecule has 3 heteroatoms. The standard InChI is InChI=1S/C17H29N3/c1-12(2)15-13(3)18-14(11-20-9-7-8-10-20)19-16(15)17(4,5)6/h12H,7-11H2,1-6H3. The van der Waals surface area contributed by atoms with E-state index in [-0.39, 0.29) is 5.41 Å². The van der Waals surface area contributed by atoms with Crippen molar-refractivity contribution in [2.24, 2.45) is 0 Å². The number of nitrogens with zero attached hydrogens (tertiary/aromatic N) is 3. The van der Waals surface area contributed by atoms with E-state index in [0.29, 0.717) is 5.92 Å². The van der Waals surface area contributed by atoms with Crippen LogP contribution in [0.25, 0.3) is 0 Å². The molecule has 0 amide bonds. The molecule has 0 bridgehead atoms. The first kappa shape index (κ1) is 15.4. The summed E-state index contributed by atoms with van der Waals surface area (Å²) in [6.45, 7) is 16.7. The Balaban J connectivity index is 2.38. The van der Waals surface area contributed by atoms with Crippen LogP contribution in [0.5, 0.6) is 0 Å². The molecule has 1 aromatic heterocycles. The lowest BCUT2D eigenvalue weighted by Crippen LogP contribution is -2.25. The summed E-state index contributed by atoms with van der Waals surface area (Å²) in [6.07, 6.45) is 2.63. The van der Waals surface area contributed by atoms with Crippen molar-refractivity contribution in [1.82, 2.24) is 14.9 Å². The molecule has 1 aliphatic rings. The molecule has 0 unspecified atom stereocenters. The molecule has 20 heavy (non-hydrogen) atoms. The van der Waals surface area contributed by atoms with Crippen molar-refractivity contribution < 1.29 is 0 Å². The molecule has 0 atom stereocenters. The number of rotatable bonds is 3. The van der Waals surface area contributed by atoms with Crippen LogP contribution in [0.1, 0.15) is 76.2 Å². The highest BCUT2D eigenvalue weighted by molar-refractivity contribution is 5.33. The van der Waals surface area contributed by atoms with Crippen LogP contribution >= 0.6 is 0 Å². The fourth-order valence-corrected chi connectivity index (χ4v) is 3.11. The van der Waals surface area contributed by atoms with E-state index in [0.717, 1.165) is 18.1 Å². The smallest absolute Gasteiger partial charge is 0.142 e. The summed E-state index contributed by atoms with van der Waals surface area (Å²) in [7, 11) is 0. The van der Waals surface area contributed by atoms with Crippen molar-refractivity contribution in [3.63, 3.8) is 0 Å². The molecule has 2 rings (SSSR count). The Morgan fingerprint density at radius 3 is 2.20 bits per heavy atom. The van der Waals surface area contributed by atoms with Crippen LogP contribution in [0.15, 0.2) is 0 Å². The van der Waals surface area contributed by atoms with Gasteiger partial charge in [-0.05, 0) is 44.3 Å². The first-order chi connectivity index (χ1) is 9.29. The van der Waals surface area contributed by atoms with E-state index in [1.807, 2.05) is 0 Å². The minimum Gasteiger partial charge on any atom is -0.296 e. The van der Waals surface area contributed by atoms with E-state index < -0.39 is 0 Å². The van der Waals surface area contributed by atoms with E-state index in [1.54, 1.807) is 0 Å². The Labute approximate surface area is 123 Å². The summed E-state index contributed by atoms with van der Waals surface area (Å²) < 4.78 is 0. The summed E-state index contributed by atoms with van der Waals surface area (Å²) in [5.41, 5.74) is 3.80. The van der Waals surface area contributed by atoms with Gasteiger partial charge in [-0.1, -0.05) is 34.6 Å². The second-order valence-electron chi connectivity index (χ2n) is 7.38. The summed E-state index contributed by atoms with van der Waals surface area (Å²) >= 11 is 0. The zero-order valence-electron chi connectivity index (χ0n) is 14.0. The molecule has 1 aliphatic heterocycles. The van der Waals surface area contributed by atoms with E-state index in [4.69, 9.17) is 9.97 Å². The third-order valence-corrected chi connectivity index (χ3v) is 4.03. The molecule has 0 aromatic carbocycles. The molecular formula is C17H29N3. The number of aryl methyl sites for hydroxylation is 1. The normalized spacial score (nSPS) is 17.1. The van der Waals surface area contributed by atoms with Gasteiger partial charge in [-0.25, -0.2) is 9.97 Å². The number of hydrogen-bond acceptors (Lipinski definition) is 3. The predicted molar refractivity (Wildman–Crippen MR) is 84.1 cm³/mol. The molecular weight excluding hydrogens is 246 g/mol. The van der Waals surface area contributed by atoms with Gasteiger partial charge in [0.25, 0.3) is 0 Å². The molecule has 1 fully saturated rings. The SMILES string of the molecule is Cc1nc(CN2CCCC2)nc(C(C)(C)C)c1C(C)C. The lowest BCUT2D eigenvalue weighted by atomic mass is 9.84. The average molecular weight is 275 g/mol. The van der Waals surface area contributed by atoms with E-state index in [2.05, 4.69) is 46.4 Å². The van der Waals surface area contributed by atoms with Crippen molar-refractivity contribution in [3.05, 3.63) is 22.8 Å². The number of likely N-dealkylation sites (tertiary alicyclic amines) is 1. The van der Waals surface area contributed by atoms with Gasteiger partial charge in [0, 0.05) is 11.1 Å². The summed E-state index contributed by atoms with van der Waals surface area (Å²) in [4.78, 5) is 12.2. The first-order valence-corrected chi connectivity index (χ1v) is 7.89. The van der Waals surface area contributed by atoms with Crippen LogP contribution in [0.3, 0.4) is 0 Å². The van der Waals surface area contributed by atoms with Gasteiger partial charge >= 0.3 is 0 Å². The van der Waals surface area contributed by atoms with Crippen LogP contribution in [0, 0.1) is 6.92 Å². The van der Waals surface area contributed by atoms with Crippen LogP contribution in [-0.4, -0.2) is 28.0 Å². The molecule has 1 aromatic rings. The third-order valence-electron chi connectivity index (χ3n) is 4.03. The minimum absolute atomic E-state index is 0.0765. The summed E-state index contributed by atoms with van der Waals surface area (Å²) in [5.74, 6) is 1.48. The van der Waals surface area contributed by atoms with Gasteiger partial charge in [-0.3, -0.25) is 4.90 Å². The largest absolute Gasteiger partial charge is 0.296 e. The lowest BCUT2D eigenvalue weighted by molar-refractivity contribution is 0.320. The zero-order chi connectivity index (χ0) is 14.9. The summed E-state index contributed by atoms with van der Waals surface area (Å²) in [6, 6.07) is 0.